The van der Waals surface area contributed by atoms with E-state index >= 15 is 0 Å². The van der Waals surface area contributed by atoms with E-state index in [0.717, 1.165) is 35.9 Å². The molecule has 108 valence electrons. The molecule has 1 atom stereocenters. The average Bonchev–Trinajstić information content (AvgIpc) is 3.06. The van der Waals surface area contributed by atoms with Gasteiger partial charge in [-0.1, -0.05) is 0 Å². The molecule has 3 rings (SSSR count). The zero-order valence-corrected chi connectivity index (χ0v) is 12.2. The predicted octanol–water partition coefficient (Wildman–Crippen LogP) is 0.850. The molecule has 7 heteroatoms. The van der Waals surface area contributed by atoms with Crippen molar-refractivity contribution in [1.29, 1.82) is 0 Å². The lowest BCUT2D eigenvalue weighted by Gasteiger charge is -2.32. The molecule has 1 unspecified atom stereocenters. The Hall–Kier alpha value is -1.60. The number of nitrogens with one attached hydrogen (secondary N) is 1. The Kier molecular flexibility index (Phi) is 3.62. The molecule has 0 aromatic carbocycles. The van der Waals surface area contributed by atoms with Gasteiger partial charge in [0.05, 0.1) is 18.2 Å². The number of carbonyl (C=O) groups excluding carboxylic acids is 1. The molecule has 1 fully saturated rings. The van der Waals surface area contributed by atoms with Crippen LogP contribution < -0.4 is 10.2 Å². The van der Waals surface area contributed by atoms with Gasteiger partial charge >= 0.3 is 0 Å². The summed E-state index contributed by atoms with van der Waals surface area (Å²) < 4.78 is 1.92. The number of fused-ring (bicyclic) bond motifs is 1. The van der Waals surface area contributed by atoms with E-state index in [1.54, 1.807) is 18.4 Å². The van der Waals surface area contributed by atoms with Gasteiger partial charge in [0.1, 0.15) is 0 Å². The van der Waals surface area contributed by atoms with Crippen molar-refractivity contribution in [1.82, 2.24) is 14.7 Å². The van der Waals surface area contributed by atoms with Gasteiger partial charge in [-0.3, -0.25) is 9.20 Å². The minimum Gasteiger partial charge on any atom is -0.390 e. The second-order valence-electron chi connectivity index (χ2n) is 5.00. The quantitative estimate of drug-likeness (QED) is 0.880. The number of hydrogen-bond acceptors (Lipinski definition) is 5. The second-order valence-corrected chi connectivity index (χ2v) is 5.87. The van der Waals surface area contributed by atoms with Gasteiger partial charge in [-0.25, -0.2) is 4.98 Å². The molecule has 0 spiro atoms. The standard InChI is InChI=1S/C13H18N4O2S/c1-14-12(19)9-3-2-4-16(7-9)11-10(8-18)17-5-6-20-13(17)15-11/h5-6,9,18H,2-4,7-8H2,1H3,(H,14,19). The SMILES string of the molecule is CNC(=O)C1CCCN(c2nc3sccn3c2CO)C1. The maximum absolute atomic E-state index is 11.8. The zero-order valence-electron chi connectivity index (χ0n) is 11.4. The molecule has 3 heterocycles. The lowest BCUT2D eigenvalue weighted by molar-refractivity contribution is -0.124. The van der Waals surface area contributed by atoms with Crippen LogP contribution in [-0.4, -0.2) is 40.5 Å². The number of thiazole rings is 1. The summed E-state index contributed by atoms with van der Waals surface area (Å²) >= 11 is 1.55. The maximum atomic E-state index is 11.8. The highest BCUT2D eigenvalue weighted by Gasteiger charge is 2.28. The third kappa shape index (κ3) is 2.16. The first kappa shape index (κ1) is 13.4. The summed E-state index contributed by atoms with van der Waals surface area (Å²) in [5.41, 5.74) is 0.804. The molecule has 2 aromatic rings. The van der Waals surface area contributed by atoms with Crippen molar-refractivity contribution >= 4 is 28.0 Å². The Morgan fingerprint density at radius 1 is 1.65 bits per heavy atom. The Bertz CT molecular complexity index is 621. The van der Waals surface area contributed by atoms with E-state index in [-0.39, 0.29) is 18.4 Å². The smallest absolute Gasteiger partial charge is 0.224 e. The van der Waals surface area contributed by atoms with Crippen LogP contribution in [-0.2, 0) is 11.4 Å². The number of imidazole rings is 1. The van der Waals surface area contributed by atoms with Crippen molar-refractivity contribution in [2.45, 2.75) is 19.4 Å². The molecular weight excluding hydrogens is 276 g/mol. The van der Waals surface area contributed by atoms with Crippen LogP contribution in [0.5, 0.6) is 0 Å². The van der Waals surface area contributed by atoms with Crippen LogP contribution in [0.15, 0.2) is 11.6 Å². The van der Waals surface area contributed by atoms with Crippen LogP contribution in [0.25, 0.3) is 4.96 Å². The fraction of sp³-hybridized carbons (Fsp3) is 0.538. The Morgan fingerprint density at radius 3 is 3.25 bits per heavy atom. The minimum atomic E-state index is -0.0472. The van der Waals surface area contributed by atoms with E-state index in [1.807, 2.05) is 16.0 Å². The van der Waals surface area contributed by atoms with Crippen molar-refractivity contribution in [3.63, 3.8) is 0 Å². The van der Waals surface area contributed by atoms with Crippen LogP contribution in [0.3, 0.4) is 0 Å². The van der Waals surface area contributed by atoms with E-state index < -0.39 is 0 Å². The van der Waals surface area contributed by atoms with Crippen LogP contribution in [0.4, 0.5) is 5.82 Å². The number of anilines is 1. The third-order valence-corrected chi connectivity index (χ3v) is 4.58. The molecule has 0 saturated carbocycles. The minimum absolute atomic E-state index is 0.0000265. The van der Waals surface area contributed by atoms with Crippen LogP contribution in [0.1, 0.15) is 18.5 Å². The Labute approximate surface area is 121 Å². The second kappa shape index (κ2) is 5.41. The van der Waals surface area contributed by atoms with Gasteiger partial charge in [-0.2, -0.15) is 0 Å². The molecule has 0 radical (unpaired) electrons. The molecule has 1 amide bonds. The lowest BCUT2D eigenvalue weighted by Crippen LogP contribution is -2.42. The summed E-state index contributed by atoms with van der Waals surface area (Å²) in [6.07, 6.45) is 3.79. The van der Waals surface area contributed by atoms with Gasteiger partial charge in [-0.05, 0) is 12.8 Å². The number of aliphatic hydroxyl groups excluding tert-OH is 1. The summed E-state index contributed by atoms with van der Waals surface area (Å²) in [5, 5.41) is 14.3. The average molecular weight is 294 g/mol. The van der Waals surface area contributed by atoms with Crippen molar-refractivity contribution in [2.75, 3.05) is 25.0 Å². The van der Waals surface area contributed by atoms with Gasteiger partial charge in [0.25, 0.3) is 0 Å². The molecule has 1 saturated heterocycles. The number of rotatable bonds is 3. The largest absolute Gasteiger partial charge is 0.390 e. The van der Waals surface area contributed by atoms with Crippen molar-refractivity contribution < 1.29 is 9.90 Å². The topological polar surface area (TPSA) is 69.9 Å². The van der Waals surface area contributed by atoms with Gasteiger partial charge in [-0.15, -0.1) is 11.3 Å². The van der Waals surface area contributed by atoms with Gasteiger partial charge in [0.15, 0.2) is 10.8 Å². The molecule has 6 nitrogen and oxygen atoms in total. The molecular formula is C13H18N4O2S. The summed E-state index contributed by atoms with van der Waals surface area (Å²) in [6.45, 7) is 1.50. The highest BCUT2D eigenvalue weighted by molar-refractivity contribution is 7.15. The van der Waals surface area contributed by atoms with Gasteiger partial charge < -0.3 is 15.3 Å². The number of aromatic nitrogens is 2. The van der Waals surface area contributed by atoms with Crippen molar-refractivity contribution in [3.8, 4) is 0 Å². The van der Waals surface area contributed by atoms with Crippen molar-refractivity contribution in [3.05, 3.63) is 17.3 Å². The first-order valence-corrected chi connectivity index (χ1v) is 7.64. The fourth-order valence-electron chi connectivity index (χ4n) is 2.81. The van der Waals surface area contributed by atoms with Crippen LogP contribution in [0, 0.1) is 5.92 Å². The number of carbonyl (C=O) groups is 1. The first-order valence-electron chi connectivity index (χ1n) is 6.76. The zero-order chi connectivity index (χ0) is 14.1. The third-order valence-electron chi connectivity index (χ3n) is 3.83. The van der Waals surface area contributed by atoms with E-state index in [0.29, 0.717) is 6.54 Å². The molecule has 2 N–H and O–H groups in total. The summed E-state index contributed by atoms with van der Waals surface area (Å²) in [7, 11) is 1.67. The first-order chi connectivity index (χ1) is 9.74. The molecule has 1 aliphatic heterocycles. The maximum Gasteiger partial charge on any atom is 0.224 e. The molecule has 0 bridgehead atoms. The lowest BCUT2D eigenvalue weighted by atomic mass is 9.97. The molecule has 20 heavy (non-hydrogen) atoms. The van der Waals surface area contributed by atoms with E-state index in [2.05, 4.69) is 15.2 Å². The number of amides is 1. The highest BCUT2D eigenvalue weighted by atomic mass is 32.1. The monoisotopic (exact) mass is 294 g/mol. The predicted molar refractivity (Wildman–Crippen MR) is 78.0 cm³/mol. The summed E-state index contributed by atoms with van der Waals surface area (Å²) in [5.74, 6) is 0.897. The van der Waals surface area contributed by atoms with E-state index in [1.165, 1.54) is 0 Å². The Balaban J connectivity index is 1.90. The van der Waals surface area contributed by atoms with Gasteiger partial charge in [0, 0.05) is 31.7 Å². The molecule has 2 aromatic heterocycles. The summed E-state index contributed by atoms with van der Waals surface area (Å²) in [6, 6.07) is 0. The van der Waals surface area contributed by atoms with Gasteiger partial charge in [0.2, 0.25) is 5.91 Å². The number of nitrogens with zero attached hydrogens (tertiary/aromatic N) is 3. The van der Waals surface area contributed by atoms with Crippen LogP contribution in [0.2, 0.25) is 0 Å². The highest BCUT2D eigenvalue weighted by Crippen LogP contribution is 2.28. The Morgan fingerprint density at radius 2 is 2.50 bits per heavy atom. The normalized spacial score (nSPS) is 19.5. The molecule has 0 aliphatic carbocycles. The van der Waals surface area contributed by atoms with E-state index in [9.17, 15) is 9.90 Å². The van der Waals surface area contributed by atoms with Crippen molar-refractivity contribution in [2.24, 2.45) is 5.92 Å². The number of hydrogen-bond donors (Lipinski definition) is 2. The summed E-state index contributed by atoms with van der Waals surface area (Å²) in [4.78, 5) is 19.4. The van der Waals surface area contributed by atoms with E-state index in [4.69, 9.17) is 0 Å². The molecule has 1 aliphatic rings. The fourth-order valence-corrected chi connectivity index (χ4v) is 3.54. The number of aliphatic hydroxyl groups is 1. The number of piperidine rings is 1. The van der Waals surface area contributed by atoms with Crippen LogP contribution >= 0.6 is 11.3 Å².